The Balaban J connectivity index is 1.26. The molecule has 5 rings (SSSR count). The fourth-order valence-corrected chi connectivity index (χ4v) is 6.41. The maximum atomic E-state index is 11.3. The lowest BCUT2D eigenvalue weighted by Crippen LogP contribution is -2.48. The third kappa shape index (κ3) is 10.00. The number of halogens is 2. The minimum absolute atomic E-state index is 0.00347. The van der Waals surface area contributed by atoms with Crippen LogP contribution in [0.25, 0.3) is 11.3 Å². The molecule has 1 amide bonds. The number of piperazine rings is 1. The number of β-amino-alcohol motifs (C(OH)–C–C–N with tert-alkyl or cyclic N) is 1. The van der Waals surface area contributed by atoms with Crippen molar-refractivity contribution < 1.29 is 19.7 Å². The van der Waals surface area contributed by atoms with Crippen LogP contribution in [0.1, 0.15) is 31.7 Å². The quantitative estimate of drug-likeness (QED) is 0.260. The van der Waals surface area contributed by atoms with Crippen molar-refractivity contribution in [1.29, 1.82) is 0 Å². The number of carbonyl (C=O) groups is 1. The van der Waals surface area contributed by atoms with Gasteiger partial charge in [0.2, 0.25) is 11.8 Å². The molecule has 2 aliphatic rings. The number of aliphatic hydroxyl groups excluding tert-OH is 2. The molecule has 1 unspecified atom stereocenters. The largest absolute Gasteiger partial charge is 0.437 e. The first-order chi connectivity index (χ1) is 21.7. The van der Waals surface area contributed by atoms with Gasteiger partial charge in [-0.3, -0.25) is 14.6 Å². The highest BCUT2D eigenvalue weighted by atomic mass is 35.5. The lowest BCUT2D eigenvalue weighted by Gasteiger charge is -2.36. The second-order valence-electron chi connectivity index (χ2n) is 11.9. The third-order valence-corrected chi connectivity index (χ3v) is 8.78. The van der Waals surface area contributed by atoms with Gasteiger partial charge in [0.15, 0.2) is 0 Å². The molecule has 2 aliphatic heterocycles. The molecule has 2 saturated heterocycles. The van der Waals surface area contributed by atoms with Gasteiger partial charge in [0, 0.05) is 81.0 Å². The van der Waals surface area contributed by atoms with E-state index >= 15 is 0 Å². The second-order valence-corrected chi connectivity index (χ2v) is 12.8. The fourth-order valence-electron chi connectivity index (χ4n) is 5.89. The Kier molecular flexibility index (Phi) is 11.9. The maximum absolute atomic E-state index is 11.3. The Morgan fingerprint density at radius 3 is 2.40 bits per heavy atom. The molecule has 4 heterocycles. The molecule has 1 aromatic carbocycles. The van der Waals surface area contributed by atoms with Crippen LogP contribution in [0.5, 0.6) is 11.6 Å². The van der Waals surface area contributed by atoms with E-state index in [4.69, 9.17) is 38.0 Å². The predicted octanol–water partition coefficient (Wildman–Crippen LogP) is 4.46. The van der Waals surface area contributed by atoms with Crippen LogP contribution in [-0.4, -0.2) is 101 Å². The van der Waals surface area contributed by atoms with Crippen LogP contribution < -0.4 is 15.0 Å². The van der Waals surface area contributed by atoms with Crippen molar-refractivity contribution >= 4 is 34.9 Å². The summed E-state index contributed by atoms with van der Waals surface area (Å²) < 4.78 is 6.26. The van der Waals surface area contributed by atoms with Crippen molar-refractivity contribution in [3.8, 4) is 22.9 Å². The van der Waals surface area contributed by atoms with Crippen LogP contribution in [0.3, 0.4) is 0 Å². The summed E-state index contributed by atoms with van der Waals surface area (Å²) in [6, 6.07) is 13.3. The molecule has 3 N–H and O–H groups in total. The first-order valence-corrected chi connectivity index (χ1v) is 16.3. The summed E-state index contributed by atoms with van der Waals surface area (Å²) >= 11 is 12.7. The van der Waals surface area contributed by atoms with Gasteiger partial charge in [-0.05, 0) is 80.2 Å². The van der Waals surface area contributed by atoms with E-state index in [1.807, 2.05) is 30.3 Å². The molecule has 45 heavy (non-hydrogen) atoms. The predicted molar refractivity (Wildman–Crippen MR) is 177 cm³/mol. The van der Waals surface area contributed by atoms with E-state index in [-0.39, 0.29) is 12.5 Å². The zero-order valence-corrected chi connectivity index (χ0v) is 27.2. The van der Waals surface area contributed by atoms with Gasteiger partial charge in [0.1, 0.15) is 11.6 Å². The number of nitrogens with zero attached hydrogens (tertiary/aromatic N) is 5. The van der Waals surface area contributed by atoms with Crippen LogP contribution in [0.2, 0.25) is 10.0 Å². The Hall–Kier alpha value is -2.99. The molecule has 10 nitrogen and oxygen atoms in total. The monoisotopic (exact) mass is 656 g/mol. The van der Waals surface area contributed by atoms with Gasteiger partial charge in [-0.2, -0.15) is 0 Å². The highest BCUT2D eigenvalue weighted by molar-refractivity contribution is 6.35. The van der Waals surface area contributed by atoms with E-state index in [1.54, 1.807) is 19.2 Å². The van der Waals surface area contributed by atoms with E-state index in [0.29, 0.717) is 40.6 Å². The number of piperidine rings is 1. The number of ether oxygens (including phenoxy) is 1. The Labute approximate surface area is 274 Å². The van der Waals surface area contributed by atoms with Gasteiger partial charge in [-0.1, -0.05) is 23.2 Å². The van der Waals surface area contributed by atoms with Gasteiger partial charge in [0.25, 0.3) is 0 Å². The molecule has 0 aliphatic carbocycles. The normalized spacial score (nSPS) is 17.3. The summed E-state index contributed by atoms with van der Waals surface area (Å²) in [7, 11) is 0. The average molecular weight is 658 g/mol. The van der Waals surface area contributed by atoms with Gasteiger partial charge in [0.05, 0.1) is 18.0 Å². The summed E-state index contributed by atoms with van der Waals surface area (Å²) in [6.07, 6.45) is 3.67. The molecular formula is C33H42Cl2N6O4. The highest BCUT2D eigenvalue weighted by Crippen LogP contribution is 2.31. The number of likely N-dealkylation sites (tertiary alicyclic amines) is 1. The van der Waals surface area contributed by atoms with Crippen LogP contribution in [0, 0.1) is 5.92 Å². The first kappa shape index (κ1) is 33.4. The minimum Gasteiger partial charge on any atom is -0.437 e. The van der Waals surface area contributed by atoms with E-state index in [2.05, 4.69) is 31.1 Å². The number of anilines is 1. The van der Waals surface area contributed by atoms with Crippen LogP contribution in [0.4, 0.5) is 5.82 Å². The van der Waals surface area contributed by atoms with Gasteiger partial charge in [-0.15, -0.1) is 0 Å². The molecule has 12 heteroatoms. The first-order valence-electron chi connectivity index (χ1n) is 15.6. The van der Waals surface area contributed by atoms with E-state index in [9.17, 15) is 9.90 Å². The smallest absolute Gasteiger partial charge is 0.220 e. The number of carbonyl (C=O) groups excluding carboxylic acids is 1. The van der Waals surface area contributed by atoms with Crippen LogP contribution >= 0.6 is 23.2 Å². The SMILES string of the molecule is CC(=O)NCC1CCN(Cc2cc(Oc3ccc(N4CCN(CC(O)CCO)CC4)nc3)nc(-c3cc(Cl)cc(Cl)c3)c2)CC1. The highest BCUT2D eigenvalue weighted by Gasteiger charge is 2.22. The summed E-state index contributed by atoms with van der Waals surface area (Å²) in [6.45, 7) is 8.75. The molecule has 0 spiro atoms. The maximum Gasteiger partial charge on any atom is 0.220 e. The molecule has 0 bridgehead atoms. The summed E-state index contributed by atoms with van der Waals surface area (Å²) in [5, 5.41) is 23.1. The number of aliphatic hydroxyl groups is 2. The number of amides is 1. The Bertz CT molecular complexity index is 1390. The van der Waals surface area contributed by atoms with E-state index < -0.39 is 6.10 Å². The van der Waals surface area contributed by atoms with Crippen molar-refractivity contribution in [1.82, 2.24) is 25.1 Å². The van der Waals surface area contributed by atoms with E-state index in [1.165, 1.54) is 0 Å². The summed E-state index contributed by atoms with van der Waals surface area (Å²) in [5.41, 5.74) is 2.60. The van der Waals surface area contributed by atoms with Crippen molar-refractivity contribution in [2.75, 3.05) is 63.9 Å². The van der Waals surface area contributed by atoms with Crippen LogP contribution in [0.15, 0.2) is 48.7 Å². The molecule has 0 saturated carbocycles. The standard InChI is InChI=1S/C33H42Cl2N6O4/c1-23(43)36-19-24-4-7-39(8-5-24)21-25-14-31(26-16-27(34)18-28(35)17-26)38-33(15-25)45-30-2-3-32(37-20-30)41-11-9-40(10-12-41)22-29(44)6-13-42/h2-3,14-18,20,24,29,42,44H,4-13,19,21-22H2,1H3,(H,36,43). The number of pyridine rings is 2. The molecule has 3 aromatic rings. The van der Waals surface area contributed by atoms with Crippen molar-refractivity contribution in [3.05, 3.63) is 64.3 Å². The summed E-state index contributed by atoms with van der Waals surface area (Å²) in [4.78, 5) is 27.6. The fraction of sp³-hybridized carbons (Fsp3) is 0.485. The number of nitrogens with one attached hydrogen (secondary N) is 1. The van der Waals surface area contributed by atoms with Gasteiger partial charge < -0.3 is 25.2 Å². The number of hydrogen-bond donors (Lipinski definition) is 3. The Morgan fingerprint density at radius 1 is 1.02 bits per heavy atom. The zero-order valence-electron chi connectivity index (χ0n) is 25.7. The molecule has 2 fully saturated rings. The van der Waals surface area contributed by atoms with E-state index in [0.717, 1.165) is 87.8 Å². The summed E-state index contributed by atoms with van der Waals surface area (Å²) in [5.74, 6) is 2.43. The number of hydrogen-bond acceptors (Lipinski definition) is 9. The molecule has 1 atom stereocenters. The van der Waals surface area contributed by atoms with Crippen LogP contribution in [-0.2, 0) is 11.3 Å². The average Bonchev–Trinajstić information content (AvgIpc) is 3.01. The topological polar surface area (TPSA) is 114 Å². The number of aromatic nitrogens is 2. The molecule has 2 aromatic heterocycles. The second kappa shape index (κ2) is 16.0. The van der Waals surface area contributed by atoms with Crippen molar-refractivity contribution in [3.63, 3.8) is 0 Å². The molecule has 0 radical (unpaired) electrons. The number of benzene rings is 1. The molecular weight excluding hydrogens is 615 g/mol. The zero-order chi connectivity index (χ0) is 31.8. The molecule has 242 valence electrons. The minimum atomic E-state index is -0.507. The third-order valence-electron chi connectivity index (χ3n) is 8.34. The Morgan fingerprint density at radius 2 is 1.76 bits per heavy atom. The van der Waals surface area contributed by atoms with Crippen molar-refractivity contribution in [2.24, 2.45) is 5.92 Å². The lowest BCUT2D eigenvalue weighted by molar-refractivity contribution is -0.119. The number of rotatable bonds is 12. The van der Waals surface area contributed by atoms with Gasteiger partial charge >= 0.3 is 0 Å². The lowest BCUT2D eigenvalue weighted by atomic mass is 9.96. The van der Waals surface area contributed by atoms with Crippen molar-refractivity contribution in [2.45, 2.75) is 38.8 Å². The van der Waals surface area contributed by atoms with Gasteiger partial charge in [-0.25, -0.2) is 9.97 Å².